The third-order valence-electron chi connectivity index (χ3n) is 1.57. The molecule has 0 atom stereocenters. The van der Waals surface area contributed by atoms with E-state index in [9.17, 15) is 4.79 Å². The number of rotatable bonds is 0. The Labute approximate surface area is 121 Å². The van der Waals surface area contributed by atoms with Crippen molar-refractivity contribution in [2.45, 2.75) is 0 Å². The fraction of sp³-hybridized carbons (Fsp3) is 0. The summed E-state index contributed by atoms with van der Waals surface area (Å²) < 4.78 is 3.35. The van der Waals surface area contributed by atoms with Gasteiger partial charge in [-0.15, -0.1) is 0 Å². The number of halogens is 2. The van der Waals surface area contributed by atoms with E-state index in [4.69, 9.17) is 10.2 Å². The molecule has 2 N–H and O–H groups in total. The van der Waals surface area contributed by atoms with Crippen LogP contribution in [-0.2, 0) is 4.29 Å². The molecule has 0 spiro atoms. The summed E-state index contributed by atoms with van der Waals surface area (Å²) in [7, 11) is 0. The van der Waals surface area contributed by atoms with Crippen LogP contribution in [0.5, 0.6) is 11.5 Å². The summed E-state index contributed by atoms with van der Waals surface area (Å²) in [6.45, 7) is 0. The molecule has 102 valence electrons. The van der Waals surface area contributed by atoms with E-state index in [2.05, 4.69) is 27.8 Å². The highest BCUT2D eigenvalue weighted by atomic mass is 35.5. The largest absolute Gasteiger partial charge is 0.508 e. The van der Waals surface area contributed by atoms with Gasteiger partial charge in [0.2, 0.25) is 0 Å². The zero-order valence-electron chi connectivity index (χ0n) is 9.74. The van der Waals surface area contributed by atoms with Crippen molar-refractivity contribution < 1.29 is 19.3 Å². The first-order valence-corrected chi connectivity index (χ1v) is 5.71. The standard InChI is InChI=1S/2C6H6O.CCl2O2/c2*7-6-4-2-1-3-5-6;2-1(4)5-3/h2*1-5,7H;. The molecule has 0 bridgehead atoms. The zero-order chi connectivity index (χ0) is 14.5. The lowest BCUT2D eigenvalue weighted by Gasteiger charge is -1.82. The van der Waals surface area contributed by atoms with Gasteiger partial charge in [-0.3, -0.25) is 0 Å². The van der Waals surface area contributed by atoms with Crippen LogP contribution in [0.2, 0.25) is 0 Å². The van der Waals surface area contributed by atoms with Gasteiger partial charge >= 0.3 is 5.43 Å². The van der Waals surface area contributed by atoms with Crippen molar-refractivity contribution in [1.82, 2.24) is 0 Å². The number of phenolic OH excluding ortho intramolecular Hbond substituents is 2. The van der Waals surface area contributed by atoms with Crippen LogP contribution < -0.4 is 0 Å². The number of benzene rings is 2. The number of aromatic hydroxyl groups is 2. The molecule has 0 amide bonds. The Hall–Kier alpha value is -1.91. The molecule has 0 aliphatic heterocycles. The molecule has 4 nitrogen and oxygen atoms in total. The van der Waals surface area contributed by atoms with Crippen molar-refractivity contribution in [3.63, 3.8) is 0 Å². The number of hydrogen-bond donors (Lipinski definition) is 2. The SMILES string of the molecule is O=C(Cl)OCl.Oc1ccccc1.Oc1ccccc1. The third-order valence-corrected chi connectivity index (χ3v) is 1.87. The Morgan fingerprint density at radius 3 is 1.21 bits per heavy atom. The van der Waals surface area contributed by atoms with Crippen molar-refractivity contribution in [3.05, 3.63) is 60.7 Å². The highest BCUT2D eigenvalue weighted by Gasteiger charge is 1.84. The minimum Gasteiger partial charge on any atom is -0.508 e. The zero-order valence-corrected chi connectivity index (χ0v) is 11.3. The van der Waals surface area contributed by atoms with Gasteiger partial charge in [0, 0.05) is 11.6 Å². The van der Waals surface area contributed by atoms with Gasteiger partial charge in [0.05, 0.1) is 0 Å². The van der Waals surface area contributed by atoms with Gasteiger partial charge in [-0.2, -0.15) is 0 Å². The quantitative estimate of drug-likeness (QED) is 0.712. The van der Waals surface area contributed by atoms with Crippen molar-refractivity contribution >= 4 is 28.9 Å². The summed E-state index contributed by atoms with van der Waals surface area (Å²) in [5.41, 5.74) is -1.01. The molecule has 0 fully saturated rings. The van der Waals surface area contributed by atoms with Crippen LogP contribution >= 0.6 is 23.5 Å². The summed E-state index contributed by atoms with van der Waals surface area (Å²) in [6, 6.07) is 17.4. The topological polar surface area (TPSA) is 66.8 Å². The predicted molar refractivity (Wildman–Crippen MR) is 74.4 cm³/mol. The Kier molecular flexibility index (Phi) is 10.1. The summed E-state index contributed by atoms with van der Waals surface area (Å²) in [4.78, 5) is 9.22. The molecule has 0 heterocycles. The van der Waals surface area contributed by atoms with Gasteiger partial charge in [-0.1, -0.05) is 36.4 Å². The molecule has 2 aromatic carbocycles. The fourth-order valence-electron chi connectivity index (χ4n) is 0.856. The van der Waals surface area contributed by atoms with E-state index in [1.165, 1.54) is 0 Å². The van der Waals surface area contributed by atoms with Crippen LogP contribution in [0.4, 0.5) is 4.79 Å². The van der Waals surface area contributed by atoms with Crippen molar-refractivity contribution in [3.8, 4) is 11.5 Å². The molecule has 2 aromatic rings. The maximum absolute atomic E-state index is 9.22. The average Bonchev–Trinajstić information content (AvgIpc) is 2.42. The normalized spacial score (nSPS) is 8.11. The molecule has 2 rings (SSSR count). The minimum atomic E-state index is -1.01. The molecule has 0 radical (unpaired) electrons. The molecule has 0 aliphatic carbocycles. The molecule has 0 unspecified atom stereocenters. The van der Waals surface area contributed by atoms with E-state index in [0.29, 0.717) is 11.5 Å². The second kappa shape index (κ2) is 11.2. The van der Waals surface area contributed by atoms with Crippen LogP contribution in [0.25, 0.3) is 0 Å². The van der Waals surface area contributed by atoms with E-state index >= 15 is 0 Å². The lowest BCUT2D eigenvalue weighted by molar-refractivity contribution is 0.230. The smallest absolute Gasteiger partial charge is 0.421 e. The molecule has 19 heavy (non-hydrogen) atoms. The van der Waals surface area contributed by atoms with Gasteiger partial charge < -0.3 is 14.5 Å². The molecule has 0 aromatic heterocycles. The van der Waals surface area contributed by atoms with Gasteiger partial charge in [-0.25, -0.2) is 4.79 Å². The third kappa shape index (κ3) is 12.3. The fourth-order valence-corrected chi connectivity index (χ4v) is 0.856. The summed E-state index contributed by atoms with van der Waals surface area (Å²) in [6.07, 6.45) is 0. The molecule has 0 saturated heterocycles. The van der Waals surface area contributed by atoms with Gasteiger partial charge in [0.15, 0.2) is 0 Å². The molecule has 0 saturated carbocycles. The van der Waals surface area contributed by atoms with Gasteiger partial charge in [0.1, 0.15) is 23.4 Å². The molecular weight excluding hydrogens is 291 g/mol. The Morgan fingerprint density at radius 2 is 1.11 bits per heavy atom. The van der Waals surface area contributed by atoms with E-state index in [-0.39, 0.29) is 0 Å². The van der Waals surface area contributed by atoms with Crippen LogP contribution in [0.3, 0.4) is 0 Å². The summed E-state index contributed by atoms with van der Waals surface area (Å²) in [5, 5.41) is 17.3. The van der Waals surface area contributed by atoms with E-state index < -0.39 is 5.43 Å². The van der Waals surface area contributed by atoms with Crippen LogP contribution in [0, 0.1) is 0 Å². The van der Waals surface area contributed by atoms with Crippen molar-refractivity contribution in [2.24, 2.45) is 0 Å². The average molecular weight is 303 g/mol. The van der Waals surface area contributed by atoms with Gasteiger partial charge in [0.25, 0.3) is 0 Å². The van der Waals surface area contributed by atoms with Crippen LogP contribution in [0.1, 0.15) is 0 Å². The molecule has 0 aliphatic rings. The van der Waals surface area contributed by atoms with Crippen molar-refractivity contribution in [2.75, 3.05) is 0 Å². The number of phenols is 2. The maximum atomic E-state index is 9.22. The Bertz CT molecular complexity index is 411. The van der Waals surface area contributed by atoms with Crippen LogP contribution in [0.15, 0.2) is 60.7 Å². The summed E-state index contributed by atoms with van der Waals surface area (Å²) in [5.74, 6) is 0.644. The van der Waals surface area contributed by atoms with E-state index in [0.717, 1.165) is 0 Å². The van der Waals surface area contributed by atoms with E-state index in [1.807, 2.05) is 12.1 Å². The number of carbonyl (C=O) groups is 1. The monoisotopic (exact) mass is 302 g/mol. The Balaban J connectivity index is 0.000000261. The number of hydrogen-bond acceptors (Lipinski definition) is 4. The second-order valence-corrected chi connectivity index (χ2v) is 3.45. The second-order valence-electron chi connectivity index (χ2n) is 2.99. The lowest BCUT2D eigenvalue weighted by atomic mass is 10.3. The van der Waals surface area contributed by atoms with E-state index in [1.54, 1.807) is 48.5 Å². The molecule has 6 heteroatoms. The predicted octanol–water partition coefficient (Wildman–Crippen LogP) is 4.30. The first-order chi connectivity index (χ1) is 9.06. The minimum absolute atomic E-state index is 0.322. The van der Waals surface area contributed by atoms with Crippen molar-refractivity contribution in [1.29, 1.82) is 0 Å². The highest BCUT2D eigenvalue weighted by Crippen LogP contribution is 2.03. The van der Waals surface area contributed by atoms with Crippen LogP contribution in [-0.4, -0.2) is 15.6 Å². The maximum Gasteiger partial charge on any atom is 0.421 e. The first-order valence-electron chi connectivity index (χ1n) is 5.02. The van der Waals surface area contributed by atoms with Gasteiger partial charge in [-0.05, 0) is 24.3 Å². The summed E-state index contributed by atoms with van der Waals surface area (Å²) >= 11 is 8.82. The molecular formula is C13H12Cl2O4. The number of carbonyl (C=O) groups excluding carboxylic acids is 1. The highest BCUT2D eigenvalue weighted by molar-refractivity contribution is 6.62. The first kappa shape index (κ1) is 17.1. The number of para-hydroxylation sites is 2. The Morgan fingerprint density at radius 1 is 0.842 bits per heavy atom. The lowest BCUT2D eigenvalue weighted by Crippen LogP contribution is -1.72.